The van der Waals surface area contributed by atoms with E-state index in [4.69, 9.17) is 4.74 Å². The van der Waals surface area contributed by atoms with Crippen molar-refractivity contribution in [3.8, 4) is 0 Å². The zero-order valence-electron chi connectivity index (χ0n) is 15.7. The summed E-state index contributed by atoms with van der Waals surface area (Å²) in [5.74, 6) is -0.663. The molecular formula is C19H19F3N2O4S. The molecule has 0 spiro atoms. The van der Waals surface area contributed by atoms with Gasteiger partial charge in [0.1, 0.15) is 12.7 Å². The Balaban J connectivity index is 1.68. The number of methoxy groups -OCH3 is 1. The molecule has 1 aliphatic rings. The van der Waals surface area contributed by atoms with Crippen molar-refractivity contribution in [2.45, 2.75) is 31.7 Å². The number of ether oxygens (including phenoxy) is 2. The molecule has 0 radical (unpaired) electrons. The highest BCUT2D eigenvalue weighted by Gasteiger charge is 2.37. The van der Waals surface area contributed by atoms with Gasteiger partial charge in [0.05, 0.1) is 24.9 Å². The topological polar surface area (TPSA) is 68.7 Å². The molecule has 0 aliphatic carbocycles. The van der Waals surface area contributed by atoms with Crippen molar-refractivity contribution in [1.29, 1.82) is 0 Å². The minimum Gasteiger partial charge on any atom is -0.465 e. The lowest BCUT2D eigenvalue weighted by Crippen LogP contribution is -2.48. The third kappa shape index (κ3) is 4.94. The minimum atomic E-state index is -4.50. The molecule has 156 valence electrons. The van der Waals surface area contributed by atoms with E-state index in [1.807, 2.05) is 6.92 Å². The first-order valence-electron chi connectivity index (χ1n) is 8.80. The van der Waals surface area contributed by atoms with Crippen LogP contribution in [0.3, 0.4) is 0 Å². The number of morpholine rings is 1. The molecule has 1 fully saturated rings. The van der Waals surface area contributed by atoms with E-state index in [9.17, 15) is 22.8 Å². The Hall–Kier alpha value is -2.46. The average Bonchev–Trinajstić information content (AvgIpc) is 3.19. The molecule has 2 unspecified atom stereocenters. The summed E-state index contributed by atoms with van der Waals surface area (Å²) >= 11 is 0.511. The highest BCUT2D eigenvalue weighted by Crippen LogP contribution is 2.34. The first-order chi connectivity index (χ1) is 13.7. The van der Waals surface area contributed by atoms with Crippen molar-refractivity contribution >= 4 is 23.2 Å². The normalized spacial score (nSPS) is 18.6. The van der Waals surface area contributed by atoms with Crippen LogP contribution in [0, 0.1) is 0 Å². The number of nitrogens with zero attached hydrogens (tertiary/aromatic N) is 2. The summed E-state index contributed by atoms with van der Waals surface area (Å²) in [6.07, 6.45) is -4.69. The second kappa shape index (κ2) is 8.50. The number of halogens is 3. The molecular weight excluding hydrogens is 409 g/mol. The van der Waals surface area contributed by atoms with Crippen LogP contribution in [-0.2, 0) is 26.9 Å². The van der Waals surface area contributed by atoms with Gasteiger partial charge in [-0.05, 0) is 31.0 Å². The quantitative estimate of drug-likeness (QED) is 0.682. The predicted molar refractivity (Wildman–Crippen MR) is 98.5 cm³/mol. The van der Waals surface area contributed by atoms with Crippen LogP contribution in [-0.4, -0.2) is 48.1 Å². The van der Waals surface area contributed by atoms with Crippen molar-refractivity contribution in [3.05, 3.63) is 51.5 Å². The highest BCUT2D eigenvalue weighted by atomic mass is 32.1. The van der Waals surface area contributed by atoms with E-state index in [0.717, 1.165) is 5.56 Å². The van der Waals surface area contributed by atoms with Crippen LogP contribution in [0.2, 0.25) is 0 Å². The van der Waals surface area contributed by atoms with E-state index < -0.39 is 23.3 Å². The lowest BCUT2D eigenvalue weighted by molar-refractivity contribution is -0.153. The number of rotatable bonds is 5. The second-order valence-corrected chi connectivity index (χ2v) is 7.52. The van der Waals surface area contributed by atoms with Gasteiger partial charge >= 0.3 is 12.1 Å². The summed E-state index contributed by atoms with van der Waals surface area (Å²) in [6.45, 7) is 1.77. The van der Waals surface area contributed by atoms with Crippen LogP contribution in [0.25, 0.3) is 0 Å². The molecule has 0 saturated carbocycles. The Morgan fingerprint density at radius 1 is 1.38 bits per heavy atom. The molecule has 1 amide bonds. The van der Waals surface area contributed by atoms with Crippen LogP contribution in [0.4, 0.5) is 13.2 Å². The Labute approximate surface area is 169 Å². The molecule has 10 heteroatoms. The van der Waals surface area contributed by atoms with Gasteiger partial charge in [0.15, 0.2) is 5.01 Å². The maximum absolute atomic E-state index is 12.8. The Bertz CT molecular complexity index is 882. The van der Waals surface area contributed by atoms with Crippen molar-refractivity contribution in [2.24, 2.45) is 0 Å². The molecule has 3 rings (SSSR count). The molecule has 0 N–H and O–H groups in total. The number of carbonyl (C=O) groups is 2. The smallest absolute Gasteiger partial charge is 0.443 e. The van der Waals surface area contributed by atoms with Crippen molar-refractivity contribution < 1.29 is 32.2 Å². The fourth-order valence-corrected chi connectivity index (χ4v) is 3.83. The molecule has 2 aromatic rings. The van der Waals surface area contributed by atoms with E-state index in [-0.39, 0.29) is 30.8 Å². The first kappa shape index (κ1) is 21.3. The summed E-state index contributed by atoms with van der Waals surface area (Å²) in [5, 5.41) is 0.385. The molecule has 29 heavy (non-hydrogen) atoms. The third-order valence-electron chi connectivity index (χ3n) is 4.62. The summed E-state index contributed by atoms with van der Waals surface area (Å²) in [7, 11) is 1.30. The number of benzene rings is 1. The largest absolute Gasteiger partial charge is 0.465 e. The molecule has 1 aromatic carbocycles. The number of hydrogen-bond acceptors (Lipinski definition) is 6. The SMILES string of the molecule is COC(=O)c1ccc(CC(C)N2CC(c3csc(C(F)(F)F)n3)OCC2=O)cc1. The standard InChI is InChI=1S/C19H19F3N2O4S/c1-11(7-12-3-5-13(6-4-12)17(26)27-2)24-8-15(28-9-16(24)25)14-10-29-18(23-14)19(20,21)22/h3-6,10-11,15H,7-9H2,1-2H3. The fraction of sp³-hybridized carbons (Fsp3) is 0.421. The van der Waals surface area contributed by atoms with E-state index >= 15 is 0 Å². The number of aromatic nitrogens is 1. The van der Waals surface area contributed by atoms with Gasteiger partial charge in [-0.15, -0.1) is 11.3 Å². The van der Waals surface area contributed by atoms with Gasteiger partial charge < -0.3 is 14.4 Å². The summed E-state index contributed by atoms with van der Waals surface area (Å²) in [4.78, 5) is 29.0. The number of amides is 1. The van der Waals surface area contributed by atoms with Crippen molar-refractivity contribution in [2.75, 3.05) is 20.3 Å². The lowest BCUT2D eigenvalue weighted by atomic mass is 10.0. The van der Waals surface area contributed by atoms with E-state index in [2.05, 4.69) is 9.72 Å². The monoisotopic (exact) mass is 428 g/mol. The fourth-order valence-electron chi connectivity index (χ4n) is 3.10. The summed E-state index contributed by atoms with van der Waals surface area (Å²) in [5.41, 5.74) is 1.51. The van der Waals surface area contributed by atoms with Gasteiger partial charge in [-0.2, -0.15) is 13.2 Å². The average molecular weight is 428 g/mol. The Morgan fingerprint density at radius 3 is 2.66 bits per heavy atom. The first-order valence-corrected chi connectivity index (χ1v) is 9.68. The molecule has 1 aromatic heterocycles. The van der Waals surface area contributed by atoms with E-state index in [1.165, 1.54) is 12.5 Å². The minimum absolute atomic E-state index is 0.126. The highest BCUT2D eigenvalue weighted by molar-refractivity contribution is 7.09. The zero-order valence-corrected chi connectivity index (χ0v) is 16.5. The number of carbonyl (C=O) groups excluding carboxylic acids is 2. The third-order valence-corrected chi connectivity index (χ3v) is 5.53. The van der Waals surface area contributed by atoms with E-state index in [1.54, 1.807) is 29.2 Å². The second-order valence-electron chi connectivity index (χ2n) is 6.66. The molecule has 1 aliphatic heterocycles. The molecule has 0 bridgehead atoms. The van der Waals surface area contributed by atoms with Crippen LogP contribution in [0.5, 0.6) is 0 Å². The van der Waals surface area contributed by atoms with Crippen molar-refractivity contribution in [3.63, 3.8) is 0 Å². The van der Waals surface area contributed by atoms with Gasteiger partial charge in [0, 0.05) is 11.4 Å². The number of hydrogen-bond donors (Lipinski definition) is 0. The predicted octanol–water partition coefficient (Wildman–Crippen LogP) is 3.48. The molecule has 6 nitrogen and oxygen atoms in total. The van der Waals surface area contributed by atoms with Crippen LogP contribution >= 0.6 is 11.3 Å². The van der Waals surface area contributed by atoms with Crippen LogP contribution in [0.15, 0.2) is 29.6 Å². The summed E-state index contributed by atoms with van der Waals surface area (Å²) < 4.78 is 48.5. The van der Waals surface area contributed by atoms with Gasteiger partial charge in [-0.1, -0.05) is 12.1 Å². The Kier molecular flexibility index (Phi) is 6.23. The molecule has 2 atom stereocenters. The number of thiazole rings is 1. The van der Waals surface area contributed by atoms with Gasteiger partial charge in [-0.3, -0.25) is 4.79 Å². The van der Waals surface area contributed by atoms with Gasteiger partial charge in [0.25, 0.3) is 0 Å². The molecule has 2 heterocycles. The lowest BCUT2D eigenvalue weighted by Gasteiger charge is -2.36. The van der Waals surface area contributed by atoms with Gasteiger partial charge in [-0.25, -0.2) is 9.78 Å². The van der Waals surface area contributed by atoms with Gasteiger partial charge in [0.2, 0.25) is 5.91 Å². The Morgan fingerprint density at radius 2 is 2.07 bits per heavy atom. The van der Waals surface area contributed by atoms with Crippen LogP contribution in [0.1, 0.15) is 39.7 Å². The maximum atomic E-state index is 12.8. The number of esters is 1. The maximum Gasteiger partial charge on any atom is 0.443 e. The van der Waals surface area contributed by atoms with Crippen molar-refractivity contribution in [1.82, 2.24) is 9.88 Å². The summed E-state index contributed by atoms with van der Waals surface area (Å²) in [6, 6.07) is 6.64. The zero-order chi connectivity index (χ0) is 21.2. The molecule has 1 saturated heterocycles. The van der Waals surface area contributed by atoms with Crippen LogP contribution < -0.4 is 0 Å². The number of alkyl halides is 3. The van der Waals surface area contributed by atoms with E-state index in [0.29, 0.717) is 23.3 Å².